The number of aromatic nitrogens is 1. The summed E-state index contributed by atoms with van der Waals surface area (Å²) in [6, 6.07) is 9.50. The molecule has 2 rings (SSSR count). The van der Waals surface area contributed by atoms with Gasteiger partial charge in [-0.1, -0.05) is 30.3 Å². The van der Waals surface area contributed by atoms with E-state index >= 15 is 0 Å². The highest BCUT2D eigenvalue weighted by atomic mass is 32.1. The van der Waals surface area contributed by atoms with Gasteiger partial charge in [-0.2, -0.15) is 0 Å². The Hall–Kier alpha value is -2.61. The predicted octanol–water partition coefficient (Wildman–Crippen LogP) is 3.38. The van der Waals surface area contributed by atoms with E-state index in [0.717, 1.165) is 10.6 Å². The molecule has 1 unspecified atom stereocenters. The van der Waals surface area contributed by atoms with Gasteiger partial charge in [0.25, 0.3) is 0 Å². The molecule has 28 heavy (non-hydrogen) atoms. The maximum Gasteiger partial charge on any atom is 0.408 e. The molecule has 0 aliphatic rings. The van der Waals surface area contributed by atoms with E-state index in [-0.39, 0.29) is 6.04 Å². The minimum absolute atomic E-state index is 0.267. The first kappa shape index (κ1) is 21.7. The average molecular weight is 404 g/mol. The molecule has 0 fully saturated rings. The molecule has 1 heterocycles. The Morgan fingerprint density at radius 2 is 1.96 bits per heavy atom. The summed E-state index contributed by atoms with van der Waals surface area (Å²) in [4.78, 5) is 22.0. The van der Waals surface area contributed by atoms with Crippen molar-refractivity contribution < 1.29 is 9.53 Å². The van der Waals surface area contributed by atoms with Gasteiger partial charge in [-0.25, -0.2) is 9.78 Å². The molecule has 0 aliphatic heterocycles. The number of alkyl carbamates (subject to hydrolysis) is 1. The first-order chi connectivity index (χ1) is 13.3. The van der Waals surface area contributed by atoms with Crippen LogP contribution in [-0.2, 0) is 11.3 Å². The molecule has 8 heteroatoms. The lowest BCUT2D eigenvalue weighted by Gasteiger charge is -2.24. The van der Waals surface area contributed by atoms with Crippen molar-refractivity contribution in [2.24, 2.45) is 4.99 Å². The smallest absolute Gasteiger partial charge is 0.408 e. The summed E-state index contributed by atoms with van der Waals surface area (Å²) in [6.45, 7) is 8.60. The number of guanidine groups is 1. The molecular formula is C20H29N5O2S. The zero-order chi connectivity index (χ0) is 20.6. The monoisotopic (exact) mass is 403 g/mol. The highest BCUT2D eigenvalue weighted by Gasteiger charge is 2.20. The van der Waals surface area contributed by atoms with E-state index < -0.39 is 11.7 Å². The number of hydrogen-bond donors (Lipinski definition) is 3. The van der Waals surface area contributed by atoms with Crippen molar-refractivity contribution in [1.82, 2.24) is 20.9 Å². The van der Waals surface area contributed by atoms with Crippen LogP contribution >= 0.6 is 11.3 Å². The Morgan fingerprint density at radius 3 is 2.54 bits per heavy atom. The minimum Gasteiger partial charge on any atom is -0.444 e. The number of ether oxygens (including phenoxy) is 1. The van der Waals surface area contributed by atoms with Crippen LogP contribution in [0.4, 0.5) is 4.79 Å². The fourth-order valence-electron chi connectivity index (χ4n) is 2.45. The molecule has 1 aromatic carbocycles. The van der Waals surface area contributed by atoms with Crippen LogP contribution in [0.15, 0.2) is 41.5 Å². The number of amides is 1. The van der Waals surface area contributed by atoms with Gasteiger partial charge in [0.15, 0.2) is 5.96 Å². The molecule has 152 valence electrons. The van der Waals surface area contributed by atoms with E-state index in [0.29, 0.717) is 19.0 Å². The van der Waals surface area contributed by atoms with Gasteiger partial charge in [-0.05, 0) is 33.3 Å². The summed E-state index contributed by atoms with van der Waals surface area (Å²) in [5.41, 5.74) is 0.425. The molecule has 0 saturated heterocycles. The van der Waals surface area contributed by atoms with Crippen molar-refractivity contribution in [1.29, 1.82) is 0 Å². The maximum atomic E-state index is 12.3. The van der Waals surface area contributed by atoms with Gasteiger partial charge in [-0.15, -0.1) is 11.3 Å². The molecule has 0 saturated carbocycles. The Labute approximate surface area is 170 Å². The standard InChI is InChI=1S/C20H29N5O2S/c1-14-11-22-17(28-14)13-24-18(21-5)23-12-16(15-9-7-6-8-10-15)25-19(26)27-20(2,3)4/h6-11,16H,12-13H2,1-5H3,(H,25,26)(H2,21,23,24). The molecule has 1 aromatic heterocycles. The maximum absolute atomic E-state index is 12.3. The quantitative estimate of drug-likeness (QED) is 0.508. The van der Waals surface area contributed by atoms with Crippen molar-refractivity contribution in [3.05, 3.63) is 52.0 Å². The van der Waals surface area contributed by atoms with Gasteiger partial charge in [0, 0.05) is 24.7 Å². The number of rotatable bonds is 6. The van der Waals surface area contributed by atoms with Gasteiger partial charge >= 0.3 is 6.09 Å². The minimum atomic E-state index is -0.553. The number of aryl methyl sites for hydroxylation is 1. The second kappa shape index (κ2) is 10.1. The van der Waals surface area contributed by atoms with Crippen LogP contribution in [-0.4, -0.2) is 36.2 Å². The molecule has 2 aromatic rings. The lowest BCUT2D eigenvalue weighted by molar-refractivity contribution is 0.0504. The molecule has 0 radical (unpaired) electrons. The van der Waals surface area contributed by atoms with Gasteiger partial charge in [0.1, 0.15) is 10.6 Å². The lowest BCUT2D eigenvalue weighted by Crippen LogP contribution is -2.44. The molecule has 1 amide bonds. The third-order valence-electron chi connectivity index (χ3n) is 3.67. The van der Waals surface area contributed by atoms with Crippen LogP contribution in [0.5, 0.6) is 0 Å². The second-order valence-corrected chi connectivity index (χ2v) is 8.60. The molecule has 0 bridgehead atoms. The topological polar surface area (TPSA) is 87.6 Å². The van der Waals surface area contributed by atoms with Crippen molar-refractivity contribution in [2.75, 3.05) is 13.6 Å². The van der Waals surface area contributed by atoms with Crippen LogP contribution in [0, 0.1) is 6.92 Å². The Balaban J connectivity index is 1.97. The van der Waals surface area contributed by atoms with Crippen LogP contribution in [0.2, 0.25) is 0 Å². The summed E-state index contributed by atoms with van der Waals surface area (Å²) in [6.07, 6.45) is 1.40. The van der Waals surface area contributed by atoms with Gasteiger partial charge in [0.05, 0.1) is 12.6 Å². The van der Waals surface area contributed by atoms with Crippen LogP contribution in [0.25, 0.3) is 0 Å². The van der Waals surface area contributed by atoms with E-state index in [2.05, 4.69) is 25.9 Å². The molecular weight excluding hydrogens is 374 g/mol. The molecule has 3 N–H and O–H groups in total. The van der Waals surface area contributed by atoms with E-state index in [1.807, 2.05) is 64.2 Å². The lowest BCUT2D eigenvalue weighted by atomic mass is 10.1. The summed E-state index contributed by atoms with van der Waals surface area (Å²) in [5.74, 6) is 0.639. The van der Waals surface area contributed by atoms with Crippen LogP contribution in [0.1, 0.15) is 42.3 Å². The highest BCUT2D eigenvalue weighted by Crippen LogP contribution is 2.14. The molecule has 0 aliphatic carbocycles. The van der Waals surface area contributed by atoms with Gasteiger partial charge in [-0.3, -0.25) is 4.99 Å². The zero-order valence-electron chi connectivity index (χ0n) is 17.1. The van der Waals surface area contributed by atoms with E-state index in [1.165, 1.54) is 4.88 Å². The highest BCUT2D eigenvalue weighted by molar-refractivity contribution is 7.11. The Bertz CT molecular complexity index is 783. The summed E-state index contributed by atoms with van der Waals surface area (Å²) < 4.78 is 5.40. The third-order valence-corrected chi connectivity index (χ3v) is 4.58. The van der Waals surface area contributed by atoms with Crippen molar-refractivity contribution in [3.63, 3.8) is 0 Å². The van der Waals surface area contributed by atoms with E-state index in [1.54, 1.807) is 18.4 Å². The van der Waals surface area contributed by atoms with Crippen LogP contribution < -0.4 is 16.0 Å². The Kier molecular flexibility index (Phi) is 7.80. The largest absolute Gasteiger partial charge is 0.444 e. The molecule has 1 atom stereocenters. The zero-order valence-corrected chi connectivity index (χ0v) is 17.9. The molecule has 0 spiro atoms. The van der Waals surface area contributed by atoms with Crippen molar-refractivity contribution in [2.45, 2.75) is 45.9 Å². The summed E-state index contributed by atoms with van der Waals surface area (Å²) in [5, 5.41) is 10.4. The Morgan fingerprint density at radius 1 is 1.25 bits per heavy atom. The molecule has 7 nitrogen and oxygen atoms in total. The first-order valence-corrected chi connectivity index (χ1v) is 9.99. The normalized spacial score (nSPS) is 13.0. The predicted molar refractivity (Wildman–Crippen MR) is 114 cm³/mol. The number of carbonyl (C=O) groups is 1. The number of aliphatic imine (C=N–C) groups is 1. The number of nitrogens with one attached hydrogen (secondary N) is 3. The van der Waals surface area contributed by atoms with E-state index in [4.69, 9.17) is 4.74 Å². The number of thiazole rings is 1. The summed E-state index contributed by atoms with van der Waals surface area (Å²) in [7, 11) is 1.71. The SMILES string of the molecule is CN=C(NCc1ncc(C)s1)NCC(NC(=O)OC(C)(C)C)c1ccccc1. The van der Waals surface area contributed by atoms with E-state index in [9.17, 15) is 4.79 Å². The van der Waals surface area contributed by atoms with Crippen molar-refractivity contribution in [3.8, 4) is 0 Å². The fraction of sp³-hybridized carbons (Fsp3) is 0.450. The van der Waals surface area contributed by atoms with Crippen molar-refractivity contribution >= 4 is 23.4 Å². The fourth-order valence-corrected chi connectivity index (χ4v) is 3.18. The number of carbonyl (C=O) groups excluding carboxylic acids is 1. The first-order valence-electron chi connectivity index (χ1n) is 9.17. The van der Waals surface area contributed by atoms with Gasteiger partial charge in [0.2, 0.25) is 0 Å². The number of nitrogens with zero attached hydrogens (tertiary/aromatic N) is 2. The third kappa shape index (κ3) is 7.56. The van der Waals surface area contributed by atoms with Crippen LogP contribution in [0.3, 0.4) is 0 Å². The van der Waals surface area contributed by atoms with Gasteiger partial charge < -0.3 is 20.7 Å². The second-order valence-electron chi connectivity index (χ2n) is 7.28. The summed E-state index contributed by atoms with van der Waals surface area (Å²) >= 11 is 1.65. The number of benzene rings is 1. The average Bonchev–Trinajstić information content (AvgIpc) is 3.05. The number of hydrogen-bond acceptors (Lipinski definition) is 5.